The van der Waals surface area contributed by atoms with Crippen LogP contribution in [0.1, 0.15) is 71.3 Å². The number of nitro groups is 1. The number of esters is 1. The van der Waals surface area contributed by atoms with Crippen LogP contribution in [0.3, 0.4) is 0 Å². The summed E-state index contributed by atoms with van der Waals surface area (Å²) >= 11 is 0. The third-order valence-corrected chi connectivity index (χ3v) is 6.60. The Labute approximate surface area is 198 Å². The molecule has 9 heteroatoms. The number of hydrogen-bond donors (Lipinski definition) is 0. The molecule has 34 heavy (non-hydrogen) atoms. The van der Waals surface area contributed by atoms with Crippen molar-refractivity contribution in [2.75, 3.05) is 13.4 Å². The predicted molar refractivity (Wildman–Crippen MR) is 124 cm³/mol. The highest BCUT2D eigenvalue weighted by Crippen LogP contribution is 2.51. The van der Waals surface area contributed by atoms with E-state index in [1.807, 2.05) is 13.8 Å². The van der Waals surface area contributed by atoms with Crippen LogP contribution in [0.2, 0.25) is 0 Å². The Morgan fingerprint density at radius 1 is 1.24 bits per heavy atom. The van der Waals surface area contributed by atoms with Gasteiger partial charge in [-0.2, -0.15) is 0 Å². The second-order valence-corrected chi connectivity index (χ2v) is 9.91. The summed E-state index contributed by atoms with van der Waals surface area (Å²) in [6.07, 6.45) is 3.44. The van der Waals surface area contributed by atoms with Gasteiger partial charge < -0.3 is 14.2 Å². The molecule has 1 aromatic rings. The zero-order valence-corrected chi connectivity index (χ0v) is 20.0. The maximum Gasteiger partial charge on any atom is 0.315 e. The molecule has 4 rings (SSSR count). The second-order valence-electron chi connectivity index (χ2n) is 9.91. The summed E-state index contributed by atoms with van der Waals surface area (Å²) in [5.41, 5.74) is 1.16. The molecule has 2 heterocycles. The molecule has 0 spiro atoms. The molecule has 2 atom stereocenters. The molecule has 0 saturated heterocycles. The zero-order valence-electron chi connectivity index (χ0n) is 20.0. The van der Waals surface area contributed by atoms with E-state index in [1.54, 1.807) is 6.92 Å². The smallest absolute Gasteiger partial charge is 0.315 e. The highest BCUT2D eigenvalue weighted by atomic mass is 16.7. The van der Waals surface area contributed by atoms with E-state index in [2.05, 4.69) is 11.9 Å². The van der Waals surface area contributed by atoms with Gasteiger partial charge >= 0.3 is 5.97 Å². The van der Waals surface area contributed by atoms with Gasteiger partial charge in [-0.3, -0.25) is 24.7 Å². The molecule has 1 aliphatic carbocycles. The monoisotopic (exact) mass is 470 g/mol. The number of aliphatic imine (C=N–C) groups is 1. The first-order valence-electron chi connectivity index (χ1n) is 11.7. The summed E-state index contributed by atoms with van der Waals surface area (Å²) < 4.78 is 16.4. The molecule has 3 aliphatic rings. The summed E-state index contributed by atoms with van der Waals surface area (Å²) in [6, 6.07) is 2.83. The number of nitro benzene ring substituents is 1. The number of unbranched alkanes of at least 4 members (excludes halogenated alkanes) is 2. The van der Waals surface area contributed by atoms with E-state index in [9.17, 15) is 19.7 Å². The van der Waals surface area contributed by atoms with Gasteiger partial charge in [-0.15, -0.1) is 0 Å². The van der Waals surface area contributed by atoms with Gasteiger partial charge in [0.05, 0.1) is 17.6 Å². The van der Waals surface area contributed by atoms with Crippen LogP contribution in [-0.4, -0.2) is 35.8 Å². The molecule has 0 radical (unpaired) electrons. The number of nitrogens with zero attached hydrogens (tertiary/aromatic N) is 2. The van der Waals surface area contributed by atoms with Gasteiger partial charge in [0.1, 0.15) is 5.92 Å². The largest absolute Gasteiger partial charge is 0.465 e. The highest BCUT2D eigenvalue weighted by Gasteiger charge is 2.48. The summed E-state index contributed by atoms with van der Waals surface area (Å²) in [4.78, 5) is 43.0. The lowest BCUT2D eigenvalue weighted by molar-refractivity contribution is -0.385. The van der Waals surface area contributed by atoms with E-state index in [1.165, 1.54) is 12.1 Å². The fourth-order valence-electron chi connectivity index (χ4n) is 5.06. The lowest BCUT2D eigenvalue weighted by atomic mass is 9.66. The van der Waals surface area contributed by atoms with Crippen molar-refractivity contribution in [1.82, 2.24) is 0 Å². The molecule has 0 N–H and O–H groups in total. The molecule has 1 aromatic carbocycles. The predicted octanol–water partition coefficient (Wildman–Crippen LogP) is 4.87. The van der Waals surface area contributed by atoms with E-state index in [4.69, 9.17) is 14.2 Å². The Balaban J connectivity index is 1.85. The Bertz CT molecular complexity index is 1100. The number of rotatable bonds is 7. The first-order valence-corrected chi connectivity index (χ1v) is 11.7. The number of allylic oxidation sites excluding steroid dienone is 2. The van der Waals surface area contributed by atoms with Crippen molar-refractivity contribution in [2.24, 2.45) is 16.3 Å². The average Bonchev–Trinajstić information content (AvgIpc) is 3.21. The maximum atomic E-state index is 13.4. The lowest BCUT2D eigenvalue weighted by Crippen LogP contribution is -2.39. The van der Waals surface area contributed by atoms with Crippen molar-refractivity contribution < 1.29 is 28.7 Å². The van der Waals surface area contributed by atoms with E-state index in [0.717, 1.165) is 19.3 Å². The van der Waals surface area contributed by atoms with Crippen LogP contribution in [0.15, 0.2) is 28.4 Å². The van der Waals surface area contributed by atoms with Crippen LogP contribution in [0, 0.1) is 21.4 Å². The molecule has 0 bridgehead atoms. The second kappa shape index (κ2) is 9.19. The number of ketones is 1. The number of hydrogen-bond acceptors (Lipinski definition) is 8. The molecule has 9 nitrogen and oxygen atoms in total. The molecule has 2 aliphatic heterocycles. The first-order chi connectivity index (χ1) is 16.1. The van der Waals surface area contributed by atoms with Crippen LogP contribution in [0.25, 0.3) is 0 Å². The quantitative estimate of drug-likeness (QED) is 0.241. The lowest BCUT2D eigenvalue weighted by Gasteiger charge is -2.38. The molecule has 1 unspecified atom stereocenters. The van der Waals surface area contributed by atoms with E-state index < -0.39 is 22.7 Å². The van der Waals surface area contributed by atoms with Gasteiger partial charge in [0.15, 0.2) is 17.3 Å². The van der Waals surface area contributed by atoms with Gasteiger partial charge in [-0.25, -0.2) is 0 Å². The Hall–Kier alpha value is -3.23. The van der Waals surface area contributed by atoms with Crippen molar-refractivity contribution in [3.63, 3.8) is 0 Å². The van der Waals surface area contributed by atoms with Gasteiger partial charge in [0, 0.05) is 34.9 Å². The number of benzene rings is 1. The normalized spacial score (nSPS) is 22.8. The van der Waals surface area contributed by atoms with Gasteiger partial charge in [0.25, 0.3) is 5.69 Å². The molecular formula is C25H30N2O7. The minimum absolute atomic E-state index is 0.0505. The number of carbonyl (C=O) groups is 2. The zero-order chi connectivity index (χ0) is 24.6. The highest BCUT2D eigenvalue weighted by molar-refractivity contribution is 6.09. The standard InChI is InChI=1S/C25H30N2O7/c1-5-6-7-8-32-24(29)21-14(2)26-16-11-25(3,4)12-18(28)23(16)22(21)15-9-19-20(34-13-33-19)10-17(15)27(30)31/h9-10,21-22H,5-8,11-13H2,1-4H3/t21?,22-/m1/s1. The van der Waals surface area contributed by atoms with E-state index >= 15 is 0 Å². The third-order valence-electron chi connectivity index (χ3n) is 6.60. The number of carbonyl (C=O) groups excluding carboxylic acids is 2. The molecule has 0 amide bonds. The first kappa shape index (κ1) is 23.9. The van der Waals surface area contributed by atoms with Crippen molar-refractivity contribution >= 4 is 23.2 Å². The van der Waals surface area contributed by atoms with Gasteiger partial charge in [-0.05, 0) is 31.2 Å². The number of fused-ring (bicyclic) bond motifs is 1. The van der Waals surface area contributed by atoms with Gasteiger partial charge in [0.2, 0.25) is 6.79 Å². The van der Waals surface area contributed by atoms with Crippen molar-refractivity contribution in [1.29, 1.82) is 0 Å². The average molecular weight is 471 g/mol. The maximum absolute atomic E-state index is 13.4. The van der Waals surface area contributed by atoms with Crippen molar-refractivity contribution in [3.05, 3.63) is 39.1 Å². The minimum Gasteiger partial charge on any atom is -0.465 e. The van der Waals surface area contributed by atoms with Crippen LogP contribution in [0.4, 0.5) is 5.69 Å². The van der Waals surface area contributed by atoms with E-state index in [-0.39, 0.29) is 48.0 Å². The van der Waals surface area contributed by atoms with Crippen molar-refractivity contribution in [3.8, 4) is 11.5 Å². The Morgan fingerprint density at radius 3 is 2.62 bits per heavy atom. The van der Waals surface area contributed by atoms with Gasteiger partial charge in [-0.1, -0.05) is 33.6 Å². The topological polar surface area (TPSA) is 117 Å². The minimum atomic E-state index is -0.940. The molecular weight excluding hydrogens is 440 g/mol. The van der Waals surface area contributed by atoms with Crippen LogP contribution < -0.4 is 9.47 Å². The van der Waals surface area contributed by atoms with Crippen LogP contribution >= 0.6 is 0 Å². The number of Topliss-reactive ketones (excluding diaryl/α,β-unsaturated/α-hetero) is 1. The molecule has 0 fully saturated rings. The number of ether oxygens (including phenoxy) is 3. The van der Waals surface area contributed by atoms with Crippen LogP contribution in [0.5, 0.6) is 11.5 Å². The Morgan fingerprint density at radius 2 is 1.94 bits per heavy atom. The fourth-order valence-corrected chi connectivity index (χ4v) is 5.06. The third kappa shape index (κ3) is 4.43. The molecule has 182 valence electrons. The molecule has 0 saturated carbocycles. The summed E-state index contributed by atoms with van der Waals surface area (Å²) in [5.74, 6) is -1.89. The molecule has 0 aromatic heterocycles. The fraction of sp³-hybridized carbons (Fsp3) is 0.560. The van der Waals surface area contributed by atoms with Crippen LogP contribution in [-0.2, 0) is 14.3 Å². The summed E-state index contributed by atoms with van der Waals surface area (Å²) in [6.45, 7) is 7.96. The summed E-state index contributed by atoms with van der Waals surface area (Å²) in [5, 5.41) is 12.1. The Kier molecular flexibility index (Phi) is 6.47. The van der Waals surface area contributed by atoms with E-state index in [0.29, 0.717) is 29.2 Å². The van der Waals surface area contributed by atoms with Crippen molar-refractivity contribution in [2.45, 2.75) is 65.7 Å². The summed E-state index contributed by atoms with van der Waals surface area (Å²) in [7, 11) is 0. The SMILES string of the molecule is CCCCCOC(=O)C1C(C)=NC2=C(C(=O)CC(C)(C)C2)[C@@H]1c1cc2c(cc1[N+](=O)[O-])OCO2.